The Balaban J connectivity index is 2.63. The Hall–Kier alpha value is -0.330. The van der Waals surface area contributed by atoms with E-state index in [1.807, 2.05) is 0 Å². The maximum absolute atomic E-state index is 4.55. The van der Waals surface area contributed by atoms with Crippen molar-refractivity contribution in [2.45, 2.75) is 34.1 Å². The molecule has 0 N–H and O–H groups in total. The van der Waals surface area contributed by atoms with Crippen LogP contribution >= 0.6 is 0 Å². The van der Waals surface area contributed by atoms with Crippen molar-refractivity contribution in [1.29, 1.82) is 0 Å². The summed E-state index contributed by atoms with van der Waals surface area (Å²) in [6.07, 6.45) is 1.28. The van der Waals surface area contributed by atoms with Crippen LogP contribution in [0, 0.1) is 17.8 Å². The van der Waals surface area contributed by atoms with Gasteiger partial charge in [0.25, 0.3) is 0 Å². The highest BCUT2D eigenvalue weighted by molar-refractivity contribution is 5.89. The highest BCUT2D eigenvalue weighted by atomic mass is 14.8. The smallest absolute Gasteiger partial charge is 0.0395 e. The van der Waals surface area contributed by atoms with E-state index in [0.29, 0.717) is 5.92 Å². The van der Waals surface area contributed by atoms with Crippen LogP contribution in [0.1, 0.15) is 34.1 Å². The van der Waals surface area contributed by atoms with E-state index in [2.05, 4.69) is 32.7 Å². The van der Waals surface area contributed by atoms with E-state index >= 15 is 0 Å². The van der Waals surface area contributed by atoms with Crippen LogP contribution in [0.5, 0.6) is 0 Å². The molecule has 0 bridgehead atoms. The second-order valence-corrected chi connectivity index (χ2v) is 4.10. The number of nitrogens with zero attached hydrogens (tertiary/aromatic N) is 1. The van der Waals surface area contributed by atoms with Gasteiger partial charge in [-0.15, -0.1) is 0 Å². The molecule has 1 nitrogen and oxygen atoms in total. The third-order valence-electron chi connectivity index (χ3n) is 2.51. The molecule has 0 radical (unpaired) electrons. The molecule has 64 valence electrons. The van der Waals surface area contributed by atoms with Crippen molar-refractivity contribution in [3.63, 3.8) is 0 Å². The van der Waals surface area contributed by atoms with Gasteiger partial charge in [-0.05, 0) is 18.3 Å². The lowest BCUT2D eigenvalue weighted by Gasteiger charge is -2.19. The molecule has 0 aliphatic carbocycles. The normalized spacial score (nSPS) is 24.9. The first kappa shape index (κ1) is 8.76. The van der Waals surface area contributed by atoms with Gasteiger partial charge in [0.1, 0.15) is 0 Å². The average molecular weight is 153 g/mol. The second kappa shape index (κ2) is 3.38. The van der Waals surface area contributed by atoms with Gasteiger partial charge >= 0.3 is 0 Å². The molecule has 0 saturated carbocycles. The van der Waals surface area contributed by atoms with Crippen molar-refractivity contribution in [2.75, 3.05) is 6.54 Å². The van der Waals surface area contributed by atoms with Gasteiger partial charge in [-0.1, -0.05) is 27.7 Å². The topological polar surface area (TPSA) is 12.4 Å². The van der Waals surface area contributed by atoms with Crippen molar-refractivity contribution < 1.29 is 0 Å². The summed E-state index contributed by atoms with van der Waals surface area (Å²) in [6.45, 7) is 10.2. The SMILES string of the molecule is CC(C)C1=NCCC1C(C)C. The molecule has 1 heterocycles. The van der Waals surface area contributed by atoms with E-state index < -0.39 is 0 Å². The summed E-state index contributed by atoms with van der Waals surface area (Å²) < 4.78 is 0. The Morgan fingerprint density at radius 3 is 2.27 bits per heavy atom. The number of hydrogen-bond donors (Lipinski definition) is 0. The molecule has 1 aliphatic heterocycles. The van der Waals surface area contributed by atoms with Gasteiger partial charge in [0, 0.05) is 18.2 Å². The van der Waals surface area contributed by atoms with Crippen LogP contribution in [0.25, 0.3) is 0 Å². The van der Waals surface area contributed by atoms with Gasteiger partial charge in [-0.3, -0.25) is 4.99 Å². The second-order valence-electron chi connectivity index (χ2n) is 4.10. The summed E-state index contributed by atoms with van der Waals surface area (Å²) in [7, 11) is 0. The van der Waals surface area contributed by atoms with Gasteiger partial charge in [-0.2, -0.15) is 0 Å². The van der Waals surface area contributed by atoms with E-state index in [0.717, 1.165) is 18.4 Å². The number of aliphatic imine (C=N–C) groups is 1. The van der Waals surface area contributed by atoms with E-state index in [4.69, 9.17) is 0 Å². The van der Waals surface area contributed by atoms with Crippen LogP contribution in [0.2, 0.25) is 0 Å². The molecule has 1 rings (SSSR count). The van der Waals surface area contributed by atoms with Gasteiger partial charge in [-0.25, -0.2) is 0 Å². The standard InChI is InChI=1S/C10H19N/c1-7(2)9-5-6-11-10(9)8(3)4/h7-9H,5-6H2,1-4H3. The summed E-state index contributed by atoms with van der Waals surface area (Å²) in [5, 5.41) is 0. The molecule has 0 aromatic carbocycles. The number of hydrogen-bond acceptors (Lipinski definition) is 1. The van der Waals surface area contributed by atoms with E-state index in [-0.39, 0.29) is 0 Å². The monoisotopic (exact) mass is 153 g/mol. The summed E-state index contributed by atoms with van der Waals surface area (Å²) in [4.78, 5) is 4.55. The zero-order chi connectivity index (χ0) is 8.43. The predicted octanol–water partition coefficient (Wildman–Crippen LogP) is 2.76. The van der Waals surface area contributed by atoms with Crippen LogP contribution in [-0.2, 0) is 0 Å². The molecule has 1 unspecified atom stereocenters. The Labute approximate surface area is 69.9 Å². The summed E-state index contributed by atoms with van der Waals surface area (Å²) in [6, 6.07) is 0. The minimum Gasteiger partial charge on any atom is -0.294 e. The fourth-order valence-corrected chi connectivity index (χ4v) is 1.88. The number of rotatable bonds is 2. The Bertz CT molecular complexity index is 156. The molecule has 0 spiro atoms. The predicted molar refractivity (Wildman–Crippen MR) is 50.1 cm³/mol. The highest BCUT2D eigenvalue weighted by Gasteiger charge is 2.25. The minimum absolute atomic E-state index is 0.657. The third-order valence-corrected chi connectivity index (χ3v) is 2.51. The Morgan fingerprint density at radius 1 is 1.27 bits per heavy atom. The van der Waals surface area contributed by atoms with Gasteiger partial charge in [0.05, 0.1) is 0 Å². The largest absolute Gasteiger partial charge is 0.294 e. The van der Waals surface area contributed by atoms with E-state index in [9.17, 15) is 0 Å². The van der Waals surface area contributed by atoms with E-state index in [1.165, 1.54) is 12.1 Å². The first-order valence-electron chi connectivity index (χ1n) is 4.67. The lowest BCUT2D eigenvalue weighted by molar-refractivity contribution is 0.479. The van der Waals surface area contributed by atoms with Crippen LogP contribution in [0.15, 0.2) is 4.99 Å². The highest BCUT2D eigenvalue weighted by Crippen LogP contribution is 2.26. The Kier molecular flexibility index (Phi) is 2.69. The van der Waals surface area contributed by atoms with Crippen molar-refractivity contribution in [3.05, 3.63) is 0 Å². The zero-order valence-corrected chi connectivity index (χ0v) is 8.09. The molecule has 1 aliphatic rings. The maximum atomic E-state index is 4.55. The summed E-state index contributed by atoms with van der Waals surface area (Å²) in [5.74, 6) is 2.21. The van der Waals surface area contributed by atoms with Crippen molar-refractivity contribution in [1.82, 2.24) is 0 Å². The van der Waals surface area contributed by atoms with Gasteiger partial charge < -0.3 is 0 Å². The van der Waals surface area contributed by atoms with E-state index in [1.54, 1.807) is 0 Å². The van der Waals surface area contributed by atoms with Gasteiger partial charge in [0.15, 0.2) is 0 Å². The lowest BCUT2D eigenvalue weighted by atomic mass is 9.85. The molecular formula is C10H19N. The van der Waals surface area contributed by atoms with Crippen molar-refractivity contribution in [2.24, 2.45) is 22.7 Å². The summed E-state index contributed by atoms with van der Waals surface area (Å²) in [5.41, 5.74) is 1.46. The molecule has 1 atom stereocenters. The minimum atomic E-state index is 0.657. The lowest BCUT2D eigenvalue weighted by Crippen LogP contribution is -2.20. The molecule has 0 saturated heterocycles. The van der Waals surface area contributed by atoms with Crippen molar-refractivity contribution >= 4 is 5.71 Å². The van der Waals surface area contributed by atoms with Gasteiger partial charge in [0.2, 0.25) is 0 Å². The molecule has 0 fully saturated rings. The first-order valence-corrected chi connectivity index (χ1v) is 4.67. The maximum Gasteiger partial charge on any atom is 0.0395 e. The molecule has 0 aromatic heterocycles. The summed E-state index contributed by atoms with van der Waals surface area (Å²) >= 11 is 0. The van der Waals surface area contributed by atoms with Crippen molar-refractivity contribution in [3.8, 4) is 0 Å². The molecule has 1 heteroatoms. The van der Waals surface area contributed by atoms with Crippen LogP contribution in [0.4, 0.5) is 0 Å². The van der Waals surface area contributed by atoms with Crippen LogP contribution in [-0.4, -0.2) is 12.3 Å². The fraction of sp³-hybridized carbons (Fsp3) is 0.900. The molecule has 0 aromatic rings. The quantitative estimate of drug-likeness (QED) is 0.578. The fourth-order valence-electron chi connectivity index (χ4n) is 1.88. The first-order chi connectivity index (χ1) is 5.13. The molecule has 0 amide bonds. The Morgan fingerprint density at radius 2 is 1.91 bits per heavy atom. The van der Waals surface area contributed by atoms with Crippen LogP contribution < -0.4 is 0 Å². The third kappa shape index (κ3) is 1.82. The molecule has 11 heavy (non-hydrogen) atoms. The average Bonchev–Trinajstić information content (AvgIpc) is 2.32. The molecular weight excluding hydrogens is 134 g/mol. The zero-order valence-electron chi connectivity index (χ0n) is 8.09. The van der Waals surface area contributed by atoms with Crippen LogP contribution in [0.3, 0.4) is 0 Å².